The number of terminal acetylenes is 1. The smallest absolute Gasteiger partial charge is 0.253 e. The number of hydrogen-bond donors (Lipinski definition) is 1. The first kappa shape index (κ1) is 18.8. The van der Waals surface area contributed by atoms with E-state index in [9.17, 15) is 4.79 Å². The van der Waals surface area contributed by atoms with Crippen molar-refractivity contribution in [2.75, 3.05) is 18.9 Å². The molecule has 30 heavy (non-hydrogen) atoms. The fourth-order valence-corrected chi connectivity index (χ4v) is 4.80. The van der Waals surface area contributed by atoms with Gasteiger partial charge >= 0.3 is 0 Å². The molecule has 1 aliphatic carbocycles. The number of anilines is 2. The fraction of sp³-hybridized carbons (Fsp3) is 0.375. The predicted octanol–water partition coefficient (Wildman–Crippen LogP) is 3.62. The summed E-state index contributed by atoms with van der Waals surface area (Å²) in [6.45, 7) is 1.97. The standard InChI is InChI=1S/C24H25N5O/c1-3-16-13-22(30)29(18-8-4-5-9-18)23-20(16)14-25-24(27-23)26-21-10-6-7-17-15-28(2)12-11-19(17)21/h1,6-7,10,13-14,18H,4-5,8-9,11-12,15H2,2H3,(H,25,26,27). The van der Waals surface area contributed by atoms with Crippen LogP contribution in [0.25, 0.3) is 11.0 Å². The van der Waals surface area contributed by atoms with E-state index >= 15 is 0 Å². The number of pyridine rings is 1. The first-order valence-corrected chi connectivity index (χ1v) is 10.6. The second-order valence-electron chi connectivity index (χ2n) is 8.34. The Morgan fingerprint density at radius 3 is 2.90 bits per heavy atom. The van der Waals surface area contributed by atoms with Crippen LogP contribution in [0.3, 0.4) is 0 Å². The molecule has 0 bridgehead atoms. The SMILES string of the molecule is C#Cc1cc(=O)n(C2CCCC2)c2nc(Nc3cccc4c3CCN(C)C4)ncc12. The zero-order valence-electron chi connectivity index (χ0n) is 17.2. The summed E-state index contributed by atoms with van der Waals surface area (Å²) in [6.07, 6.45) is 12.7. The average molecular weight is 399 g/mol. The van der Waals surface area contributed by atoms with Crippen LogP contribution < -0.4 is 10.9 Å². The van der Waals surface area contributed by atoms with Crippen molar-refractivity contribution in [3.8, 4) is 12.3 Å². The minimum absolute atomic E-state index is 0.0767. The number of nitrogens with one attached hydrogen (secondary N) is 1. The molecule has 2 aromatic heterocycles. The largest absolute Gasteiger partial charge is 0.324 e. The number of hydrogen-bond acceptors (Lipinski definition) is 5. The molecule has 1 aromatic carbocycles. The molecule has 3 aromatic rings. The Morgan fingerprint density at radius 1 is 1.27 bits per heavy atom. The van der Waals surface area contributed by atoms with Crippen LogP contribution in [0.15, 0.2) is 35.3 Å². The van der Waals surface area contributed by atoms with Gasteiger partial charge in [-0.15, -0.1) is 6.42 Å². The Kier molecular flexibility index (Phi) is 4.76. The van der Waals surface area contributed by atoms with Gasteiger partial charge in [0, 0.05) is 42.6 Å². The van der Waals surface area contributed by atoms with Crippen LogP contribution in [0.5, 0.6) is 0 Å². The molecule has 0 atom stereocenters. The molecule has 3 heterocycles. The summed E-state index contributed by atoms with van der Waals surface area (Å²) < 4.78 is 1.82. The fourth-order valence-electron chi connectivity index (χ4n) is 4.80. The molecule has 1 fully saturated rings. The van der Waals surface area contributed by atoms with Gasteiger partial charge in [0.15, 0.2) is 0 Å². The molecule has 0 spiro atoms. The summed E-state index contributed by atoms with van der Waals surface area (Å²) in [7, 11) is 2.14. The molecule has 2 aliphatic rings. The molecule has 152 valence electrons. The van der Waals surface area contributed by atoms with E-state index in [4.69, 9.17) is 11.4 Å². The van der Waals surface area contributed by atoms with Crippen molar-refractivity contribution in [2.45, 2.75) is 44.7 Å². The van der Waals surface area contributed by atoms with E-state index in [1.807, 2.05) is 4.57 Å². The minimum Gasteiger partial charge on any atom is -0.324 e. The Labute approximate surface area is 176 Å². The van der Waals surface area contributed by atoms with Crippen LogP contribution >= 0.6 is 0 Å². The lowest BCUT2D eigenvalue weighted by molar-refractivity contribution is 0.313. The molecule has 1 aliphatic heterocycles. The van der Waals surface area contributed by atoms with Crippen LogP contribution in [0.1, 0.15) is 48.4 Å². The number of likely N-dealkylation sites (N-methyl/N-ethyl adjacent to an activating group) is 1. The molecule has 5 rings (SSSR count). The molecule has 0 unspecified atom stereocenters. The third kappa shape index (κ3) is 3.25. The second-order valence-corrected chi connectivity index (χ2v) is 8.34. The maximum absolute atomic E-state index is 12.9. The van der Waals surface area contributed by atoms with Gasteiger partial charge in [0.25, 0.3) is 5.56 Å². The van der Waals surface area contributed by atoms with Crippen LogP contribution in [0.4, 0.5) is 11.6 Å². The highest BCUT2D eigenvalue weighted by Crippen LogP contribution is 2.32. The molecule has 6 heteroatoms. The van der Waals surface area contributed by atoms with Gasteiger partial charge in [-0.05, 0) is 43.5 Å². The number of aromatic nitrogens is 3. The van der Waals surface area contributed by atoms with Crippen LogP contribution in [0.2, 0.25) is 0 Å². The second kappa shape index (κ2) is 7.58. The molecule has 0 amide bonds. The van der Waals surface area contributed by atoms with Gasteiger partial charge in [-0.1, -0.05) is 30.9 Å². The van der Waals surface area contributed by atoms with E-state index in [0.717, 1.165) is 56.3 Å². The van der Waals surface area contributed by atoms with Gasteiger partial charge in [0.1, 0.15) is 5.65 Å². The van der Waals surface area contributed by atoms with E-state index in [1.54, 1.807) is 12.3 Å². The molecular weight excluding hydrogens is 374 g/mol. The van der Waals surface area contributed by atoms with Gasteiger partial charge in [0.05, 0.1) is 5.39 Å². The van der Waals surface area contributed by atoms with Gasteiger partial charge in [-0.25, -0.2) is 4.98 Å². The lowest BCUT2D eigenvalue weighted by Gasteiger charge is -2.26. The van der Waals surface area contributed by atoms with Crippen molar-refractivity contribution >= 4 is 22.7 Å². The van der Waals surface area contributed by atoms with Crippen LogP contribution in [0, 0.1) is 12.3 Å². The number of fused-ring (bicyclic) bond motifs is 2. The van der Waals surface area contributed by atoms with Crippen LogP contribution in [-0.2, 0) is 13.0 Å². The summed E-state index contributed by atoms with van der Waals surface area (Å²) in [4.78, 5) is 24.5. The molecule has 1 saturated carbocycles. The quantitative estimate of drug-likeness (QED) is 0.682. The van der Waals surface area contributed by atoms with E-state index in [2.05, 4.69) is 46.4 Å². The summed E-state index contributed by atoms with van der Waals surface area (Å²) >= 11 is 0. The number of rotatable bonds is 3. The molecule has 0 saturated heterocycles. The minimum atomic E-state index is -0.0767. The summed E-state index contributed by atoms with van der Waals surface area (Å²) in [5.74, 6) is 3.12. The Bertz CT molecular complexity index is 1220. The van der Waals surface area contributed by atoms with Crippen molar-refractivity contribution < 1.29 is 0 Å². The number of benzene rings is 1. The average Bonchev–Trinajstić information content (AvgIpc) is 3.27. The van der Waals surface area contributed by atoms with Crippen LogP contribution in [-0.4, -0.2) is 33.0 Å². The van der Waals surface area contributed by atoms with Gasteiger partial charge in [-0.3, -0.25) is 9.36 Å². The van der Waals surface area contributed by atoms with Gasteiger partial charge in [-0.2, -0.15) is 4.98 Å². The maximum Gasteiger partial charge on any atom is 0.253 e. The van der Waals surface area contributed by atoms with E-state index in [0.29, 0.717) is 17.2 Å². The van der Waals surface area contributed by atoms with E-state index < -0.39 is 0 Å². The highest BCUT2D eigenvalue weighted by Gasteiger charge is 2.22. The molecule has 0 radical (unpaired) electrons. The molecule has 6 nitrogen and oxygen atoms in total. The zero-order valence-corrected chi connectivity index (χ0v) is 17.2. The molecule has 1 N–H and O–H groups in total. The summed E-state index contributed by atoms with van der Waals surface area (Å²) in [6, 6.07) is 8.02. The lowest BCUT2D eigenvalue weighted by atomic mass is 9.98. The maximum atomic E-state index is 12.9. The number of nitrogens with zero attached hydrogens (tertiary/aromatic N) is 4. The third-order valence-corrected chi connectivity index (χ3v) is 6.34. The first-order valence-electron chi connectivity index (χ1n) is 10.6. The summed E-state index contributed by atoms with van der Waals surface area (Å²) in [5, 5.41) is 4.16. The Hall–Kier alpha value is -3.17. The predicted molar refractivity (Wildman–Crippen MR) is 119 cm³/mol. The third-order valence-electron chi connectivity index (χ3n) is 6.34. The zero-order chi connectivity index (χ0) is 20.7. The molecular formula is C24H25N5O. The summed E-state index contributed by atoms with van der Waals surface area (Å²) in [5.41, 5.74) is 4.77. The monoisotopic (exact) mass is 399 g/mol. The normalized spacial score (nSPS) is 17.1. The van der Waals surface area contributed by atoms with Crippen molar-refractivity contribution in [3.05, 3.63) is 57.5 Å². The van der Waals surface area contributed by atoms with Crippen molar-refractivity contribution in [2.24, 2.45) is 0 Å². The Morgan fingerprint density at radius 2 is 2.10 bits per heavy atom. The lowest BCUT2D eigenvalue weighted by Crippen LogP contribution is -2.27. The topological polar surface area (TPSA) is 63.1 Å². The first-order chi connectivity index (χ1) is 14.6. The Balaban J connectivity index is 1.60. The van der Waals surface area contributed by atoms with Gasteiger partial charge < -0.3 is 10.2 Å². The van der Waals surface area contributed by atoms with Crippen molar-refractivity contribution in [1.29, 1.82) is 0 Å². The van der Waals surface area contributed by atoms with Crippen molar-refractivity contribution in [1.82, 2.24) is 19.4 Å². The van der Waals surface area contributed by atoms with Crippen molar-refractivity contribution in [3.63, 3.8) is 0 Å². The highest BCUT2D eigenvalue weighted by molar-refractivity contribution is 5.82. The van der Waals surface area contributed by atoms with E-state index in [1.165, 1.54) is 11.1 Å². The van der Waals surface area contributed by atoms with E-state index in [-0.39, 0.29) is 11.6 Å². The van der Waals surface area contributed by atoms with Gasteiger partial charge in [0.2, 0.25) is 5.95 Å². The highest BCUT2D eigenvalue weighted by atomic mass is 16.1.